The van der Waals surface area contributed by atoms with Crippen molar-refractivity contribution in [3.63, 3.8) is 0 Å². The van der Waals surface area contributed by atoms with Gasteiger partial charge in [0.2, 0.25) is 5.91 Å². The first-order valence-corrected chi connectivity index (χ1v) is 11.5. The van der Waals surface area contributed by atoms with Crippen molar-refractivity contribution >= 4 is 29.2 Å². The molecule has 34 heavy (non-hydrogen) atoms. The van der Waals surface area contributed by atoms with Gasteiger partial charge in [-0.15, -0.1) is 0 Å². The van der Waals surface area contributed by atoms with E-state index in [2.05, 4.69) is 10.4 Å². The van der Waals surface area contributed by atoms with Crippen LogP contribution in [0.2, 0.25) is 5.02 Å². The molecule has 9 heteroatoms. The molecule has 1 saturated heterocycles. The average molecular weight is 483 g/mol. The summed E-state index contributed by atoms with van der Waals surface area (Å²) >= 11 is 5.93. The molecule has 2 heterocycles. The lowest BCUT2D eigenvalue weighted by Gasteiger charge is -2.32. The fraction of sp³-hybridized carbons (Fsp3) is 0.320. The number of hydrogen-bond acceptors (Lipinski definition) is 5. The van der Waals surface area contributed by atoms with Crippen LogP contribution in [-0.2, 0) is 11.3 Å². The van der Waals surface area contributed by atoms with Crippen molar-refractivity contribution in [2.24, 2.45) is 5.92 Å². The molecule has 1 aliphatic heterocycles. The highest BCUT2D eigenvalue weighted by molar-refractivity contribution is 6.30. The fourth-order valence-electron chi connectivity index (χ4n) is 4.18. The minimum Gasteiger partial charge on any atom is -0.493 e. The van der Waals surface area contributed by atoms with E-state index in [0.29, 0.717) is 54.0 Å². The minimum absolute atomic E-state index is 0.0932. The first kappa shape index (κ1) is 23.6. The van der Waals surface area contributed by atoms with Crippen LogP contribution in [0.3, 0.4) is 0 Å². The van der Waals surface area contributed by atoms with Gasteiger partial charge in [-0.25, -0.2) is 4.68 Å². The lowest BCUT2D eigenvalue weighted by atomic mass is 9.96. The normalized spacial score (nSPS) is 15.6. The summed E-state index contributed by atoms with van der Waals surface area (Å²) in [4.78, 5) is 27.7. The van der Waals surface area contributed by atoms with Gasteiger partial charge in [-0.1, -0.05) is 23.7 Å². The van der Waals surface area contributed by atoms with Crippen molar-refractivity contribution in [1.29, 1.82) is 0 Å². The van der Waals surface area contributed by atoms with Gasteiger partial charge in [0.15, 0.2) is 11.5 Å². The van der Waals surface area contributed by atoms with Crippen molar-refractivity contribution in [1.82, 2.24) is 14.7 Å². The molecule has 1 atom stereocenters. The number of benzene rings is 2. The highest BCUT2D eigenvalue weighted by Crippen LogP contribution is 2.31. The number of amides is 2. The van der Waals surface area contributed by atoms with Crippen LogP contribution in [-0.4, -0.2) is 53.8 Å². The third kappa shape index (κ3) is 5.17. The molecular weight excluding hydrogens is 456 g/mol. The Labute approximate surface area is 203 Å². The summed E-state index contributed by atoms with van der Waals surface area (Å²) in [5, 5.41) is 7.93. The number of halogens is 1. The summed E-state index contributed by atoms with van der Waals surface area (Å²) in [5.41, 5.74) is 1.44. The average Bonchev–Trinajstić information content (AvgIpc) is 3.30. The van der Waals surface area contributed by atoms with Gasteiger partial charge in [0.1, 0.15) is 5.82 Å². The van der Waals surface area contributed by atoms with Crippen molar-refractivity contribution in [2.75, 3.05) is 32.6 Å². The number of para-hydroxylation sites is 1. The molecule has 4 rings (SSSR count). The summed E-state index contributed by atoms with van der Waals surface area (Å²) in [6, 6.07) is 14.2. The molecule has 1 aromatic heterocycles. The zero-order valence-electron chi connectivity index (χ0n) is 19.2. The molecule has 3 aromatic rings. The van der Waals surface area contributed by atoms with E-state index in [1.165, 1.54) is 0 Å². The number of methoxy groups -OCH3 is 2. The van der Waals surface area contributed by atoms with Crippen LogP contribution in [0.15, 0.2) is 54.7 Å². The first-order valence-electron chi connectivity index (χ1n) is 11.1. The molecule has 1 N–H and O–H groups in total. The smallest absolute Gasteiger partial charge is 0.253 e. The number of nitrogens with zero attached hydrogens (tertiary/aromatic N) is 3. The van der Waals surface area contributed by atoms with E-state index in [4.69, 9.17) is 21.1 Å². The molecule has 0 saturated carbocycles. The molecule has 1 fully saturated rings. The minimum atomic E-state index is -0.306. The van der Waals surface area contributed by atoms with E-state index >= 15 is 0 Å². The van der Waals surface area contributed by atoms with Crippen molar-refractivity contribution < 1.29 is 19.1 Å². The van der Waals surface area contributed by atoms with Crippen LogP contribution in [0.4, 0.5) is 5.82 Å². The van der Waals surface area contributed by atoms with Crippen LogP contribution < -0.4 is 14.8 Å². The number of anilines is 1. The van der Waals surface area contributed by atoms with E-state index < -0.39 is 0 Å². The quantitative estimate of drug-likeness (QED) is 0.548. The summed E-state index contributed by atoms with van der Waals surface area (Å²) in [6.45, 7) is 1.39. The Balaban J connectivity index is 1.43. The summed E-state index contributed by atoms with van der Waals surface area (Å²) in [7, 11) is 3.18. The SMILES string of the molecule is COc1cccc(Cn2nccc2NC(=O)C2CCCN(C(=O)c3ccc(Cl)cc3)C2)c1OC. The Morgan fingerprint density at radius 1 is 1.12 bits per heavy atom. The Bertz CT molecular complexity index is 1160. The summed E-state index contributed by atoms with van der Waals surface area (Å²) in [6.07, 6.45) is 3.12. The largest absolute Gasteiger partial charge is 0.493 e. The molecule has 8 nitrogen and oxygen atoms in total. The number of likely N-dealkylation sites (tertiary alicyclic amines) is 1. The Hall–Kier alpha value is -3.52. The predicted octanol–water partition coefficient (Wildman–Crippen LogP) is 4.09. The van der Waals surface area contributed by atoms with Crippen LogP contribution in [0, 0.1) is 5.92 Å². The van der Waals surface area contributed by atoms with Crippen molar-refractivity contribution in [3.05, 3.63) is 70.9 Å². The number of nitrogens with one attached hydrogen (secondary N) is 1. The molecule has 178 valence electrons. The lowest BCUT2D eigenvalue weighted by Crippen LogP contribution is -2.43. The summed E-state index contributed by atoms with van der Waals surface area (Å²) in [5.74, 6) is 1.31. The van der Waals surface area contributed by atoms with Gasteiger partial charge >= 0.3 is 0 Å². The van der Waals surface area contributed by atoms with E-state index in [1.54, 1.807) is 60.3 Å². The van der Waals surface area contributed by atoms with Gasteiger partial charge in [-0.2, -0.15) is 5.10 Å². The van der Waals surface area contributed by atoms with Gasteiger partial charge < -0.3 is 19.7 Å². The van der Waals surface area contributed by atoms with Gasteiger partial charge in [0, 0.05) is 35.3 Å². The molecular formula is C25H27ClN4O4. The fourth-order valence-corrected chi connectivity index (χ4v) is 4.31. The second-order valence-electron chi connectivity index (χ2n) is 8.11. The van der Waals surface area contributed by atoms with Gasteiger partial charge in [0.05, 0.1) is 32.9 Å². The second-order valence-corrected chi connectivity index (χ2v) is 8.55. The maximum absolute atomic E-state index is 13.1. The number of carbonyl (C=O) groups excluding carboxylic acids is 2. The molecule has 1 aliphatic rings. The molecule has 0 bridgehead atoms. The summed E-state index contributed by atoms with van der Waals surface area (Å²) < 4.78 is 12.6. The highest BCUT2D eigenvalue weighted by Gasteiger charge is 2.29. The van der Waals surface area contributed by atoms with Crippen molar-refractivity contribution in [2.45, 2.75) is 19.4 Å². The first-order chi connectivity index (χ1) is 16.5. The molecule has 0 aliphatic carbocycles. The predicted molar refractivity (Wildman–Crippen MR) is 130 cm³/mol. The lowest BCUT2D eigenvalue weighted by molar-refractivity contribution is -0.121. The van der Waals surface area contributed by atoms with Crippen LogP contribution in [0.25, 0.3) is 0 Å². The van der Waals surface area contributed by atoms with Crippen LogP contribution in [0.5, 0.6) is 11.5 Å². The Kier molecular flexibility index (Phi) is 7.37. The maximum atomic E-state index is 13.1. The highest BCUT2D eigenvalue weighted by atomic mass is 35.5. The standard InChI is InChI=1S/C25H27ClN4O4/c1-33-21-7-3-5-18(23(21)34-2)16-30-22(12-13-27-30)28-24(31)19-6-4-14-29(15-19)25(32)17-8-10-20(26)11-9-17/h3,5,7-13,19H,4,6,14-16H2,1-2H3,(H,28,31). The number of hydrogen-bond donors (Lipinski definition) is 1. The van der Waals surface area contributed by atoms with E-state index in [-0.39, 0.29) is 17.7 Å². The second kappa shape index (κ2) is 10.6. The van der Waals surface area contributed by atoms with Gasteiger partial charge in [-0.05, 0) is 43.2 Å². The van der Waals surface area contributed by atoms with Crippen LogP contribution in [0.1, 0.15) is 28.8 Å². The third-order valence-corrected chi connectivity index (χ3v) is 6.19. The third-order valence-electron chi connectivity index (χ3n) is 5.94. The number of ether oxygens (including phenoxy) is 2. The molecule has 0 spiro atoms. The Morgan fingerprint density at radius 2 is 1.91 bits per heavy atom. The topological polar surface area (TPSA) is 85.7 Å². The van der Waals surface area contributed by atoms with Gasteiger partial charge in [-0.3, -0.25) is 9.59 Å². The zero-order valence-corrected chi connectivity index (χ0v) is 19.9. The number of piperidine rings is 1. The Morgan fingerprint density at radius 3 is 2.65 bits per heavy atom. The number of rotatable bonds is 7. The monoisotopic (exact) mass is 482 g/mol. The van der Waals surface area contributed by atoms with Gasteiger partial charge in [0.25, 0.3) is 5.91 Å². The van der Waals surface area contributed by atoms with E-state index in [9.17, 15) is 9.59 Å². The van der Waals surface area contributed by atoms with E-state index in [1.807, 2.05) is 18.2 Å². The molecule has 0 radical (unpaired) electrons. The molecule has 2 amide bonds. The number of carbonyl (C=O) groups is 2. The number of aromatic nitrogens is 2. The van der Waals surface area contributed by atoms with Crippen LogP contribution >= 0.6 is 11.6 Å². The molecule has 2 aromatic carbocycles. The molecule has 1 unspecified atom stereocenters. The maximum Gasteiger partial charge on any atom is 0.253 e. The zero-order chi connectivity index (χ0) is 24.1. The van der Waals surface area contributed by atoms with E-state index in [0.717, 1.165) is 12.0 Å². The van der Waals surface area contributed by atoms with Crippen molar-refractivity contribution in [3.8, 4) is 11.5 Å².